The van der Waals surface area contributed by atoms with Crippen molar-refractivity contribution in [2.24, 2.45) is 0 Å². The number of fused-ring (bicyclic) bond motifs is 1. The van der Waals surface area contributed by atoms with E-state index in [1.807, 2.05) is 12.1 Å². The number of hydrogen-bond acceptors (Lipinski definition) is 4. The summed E-state index contributed by atoms with van der Waals surface area (Å²) in [5.41, 5.74) is 1.59. The molecule has 17 heavy (non-hydrogen) atoms. The molecule has 0 amide bonds. The second kappa shape index (κ2) is 3.84. The SMILES string of the molecule is CC1(C)CC=C(OS(C)(=O)=O)c2ncccc21. The fourth-order valence-electron chi connectivity index (χ4n) is 1.94. The molecular weight excluding hydrogens is 238 g/mol. The molecule has 2 rings (SSSR count). The minimum absolute atomic E-state index is 0.0477. The molecule has 1 heterocycles. The van der Waals surface area contributed by atoms with E-state index in [9.17, 15) is 8.42 Å². The van der Waals surface area contributed by atoms with Crippen molar-refractivity contribution in [1.82, 2.24) is 4.98 Å². The van der Waals surface area contributed by atoms with Crippen molar-refractivity contribution >= 4 is 15.9 Å². The maximum atomic E-state index is 11.2. The van der Waals surface area contributed by atoms with Gasteiger partial charge in [-0.25, -0.2) is 0 Å². The molecule has 0 saturated heterocycles. The van der Waals surface area contributed by atoms with Gasteiger partial charge in [0, 0.05) is 6.20 Å². The predicted molar refractivity (Wildman–Crippen MR) is 65.8 cm³/mol. The fourth-order valence-corrected chi connectivity index (χ4v) is 2.41. The van der Waals surface area contributed by atoms with Gasteiger partial charge in [0.25, 0.3) is 0 Å². The second-order valence-corrected chi connectivity index (χ2v) is 6.42. The molecule has 92 valence electrons. The van der Waals surface area contributed by atoms with Gasteiger partial charge in [0.1, 0.15) is 5.69 Å². The summed E-state index contributed by atoms with van der Waals surface area (Å²) in [7, 11) is -3.51. The lowest BCUT2D eigenvalue weighted by atomic mass is 9.77. The molecule has 1 aromatic rings. The Kier molecular flexibility index (Phi) is 2.73. The highest BCUT2D eigenvalue weighted by Crippen LogP contribution is 2.38. The van der Waals surface area contributed by atoms with Crippen LogP contribution >= 0.6 is 0 Å². The average molecular weight is 253 g/mol. The first kappa shape index (κ1) is 12.1. The third-order valence-electron chi connectivity index (χ3n) is 2.81. The highest BCUT2D eigenvalue weighted by Gasteiger charge is 2.30. The first-order valence-corrected chi connectivity index (χ1v) is 7.17. The number of pyridine rings is 1. The van der Waals surface area contributed by atoms with Crippen LogP contribution in [0, 0.1) is 0 Å². The van der Waals surface area contributed by atoms with Gasteiger partial charge in [-0.3, -0.25) is 4.98 Å². The van der Waals surface area contributed by atoms with Crippen LogP contribution in [0.5, 0.6) is 0 Å². The summed E-state index contributed by atoms with van der Waals surface area (Å²) >= 11 is 0. The third kappa shape index (κ3) is 2.49. The Morgan fingerprint density at radius 1 is 1.41 bits per heavy atom. The van der Waals surface area contributed by atoms with Gasteiger partial charge in [-0.2, -0.15) is 8.42 Å². The molecule has 1 aromatic heterocycles. The largest absolute Gasteiger partial charge is 0.381 e. The minimum Gasteiger partial charge on any atom is -0.381 e. The summed E-state index contributed by atoms with van der Waals surface area (Å²) in [6.45, 7) is 4.20. The summed E-state index contributed by atoms with van der Waals surface area (Å²) in [4.78, 5) is 4.22. The number of rotatable bonds is 2. The highest BCUT2D eigenvalue weighted by molar-refractivity contribution is 7.86. The van der Waals surface area contributed by atoms with E-state index in [2.05, 4.69) is 18.8 Å². The Balaban J connectivity index is 2.50. The molecule has 0 atom stereocenters. The number of aromatic nitrogens is 1. The van der Waals surface area contributed by atoms with Crippen LogP contribution in [0.2, 0.25) is 0 Å². The molecule has 0 bridgehead atoms. The lowest BCUT2D eigenvalue weighted by molar-refractivity contribution is 0.449. The standard InChI is InChI=1S/C12H15NO3S/c1-12(2)7-6-10(16-17(3,14)15)11-9(12)5-4-8-13-11/h4-6,8H,7H2,1-3H3. The molecular formula is C12H15NO3S. The molecule has 1 aliphatic rings. The fraction of sp³-hybridized carbons (Fsp3) is 0.417. The van der Waals surface area contributed by atoms with Crippen LogP contribution in [0.3, 0.4) is 0 Å². The van der Waals surface area contributed by atoms with Gasteiger partial charge in [0.05, 0.1) is 6.26 Å². The lowest BCUT2D eigenvalue weighted by Crippen LogP contribution is -2.23. The van der Waals surface area contributed by atoms with E-state index in [0.717, 1.165) is 18.2 Å². The van der Waals surface area contributed by atoms with Crippen molar-refractivity contribution in [1.29, 1.82) is 0 Å². The zero-order valence-corrected chi connectivity index (χ0v) is 10.9. The molecule has 0 spiro atoms. The molecule has 0 fully saturated rings. The summed E-state index contributed by atoms with van der Waals surface area (Å²) < 4.78 is 27.3. The minimum atomic E-state index is -3.51. The molecule has 0 saturated carbocycles. The topological polar surface area (TPSA) is 56.3 Å². The number of allylic oxidation sites excluding steroid dienone is 1. The highest BCUT2D eigenvalue weighted by atomic mass is 32.2. The van der Waals surface area contributed by atoms with Gasteiger partial charge < -0.3 is 4.18 Å². The van der Waals surface area contributed by atoms with Gasteiger partial charge >= 0.3 is 10.1 Å². The van der Waals surface area contributed by atoms with E-state index in [4.69, 9.17) is 4.18 Å². The normalized spacial score (nSPS) is 18.2. The van der Waals surface area contributed by atoms with Crippen molar-refractivity contribution in [3.8, 4) is 0 Å². The summed E-state index contributed by atoms with van der Waals surface area (Å²) in [5, 5.41) is 0. The Morgan fingerprint density at radius 2 is 2.12 bits per heavy atom. The molecule has 0 aliphatic heterocycles. The van der Waals surface area contributed by atoms with Crippen LogP contribution in [-0.2, 0) is 19.7 Å². The lowest BCUT2D eigenvalue weighted by Gasteiger charge is -2.30. The quantitative estimate of drug-likeness (QED) is 0.757. The van der Waals surface area contributed by atoms with E-state index in [0.29, 0.717) is 11.5 Å². The summed E-state index contributed by atoms with van der Waals surface area (Å²) in [6.07, 6.45) is 5.20. The van der Waals surface area contributed by atoms with Crippen LogP contribution in [0.25, 0.3) is 5.76 Å². The smallest absolute Gasteiger partial charge is 0.306 e. The maximum Gasteiger partial charge on any atom is 0.306 e. The van der Waals surface area contributed by atoms with Gasteiger partial charge in [-0.1, -0.05) is 19.9 Å². The third-order valence-corrected chi connectivity index (χ3v) is 3.29. The van der Waals surface area contributed by atoms with Crippen molar-refractivity contribution in [2.75, 3.05) is 6.26 Å². The van der Waals surface area contributed by atoms with Crippen molar-refractivity contribution in [3.63, 3.8) is 0 Å². The molecule has 1 aliphatic carbocycles. The molecule has 0 unspecified atom stereocenters. The molecule has 0 aromatic carbocycles. The van der Waals surface area contributed by atoms with Crippen LogP contribution in [0.1, 0.15) is 31.5 Å². The van der Waals surface area contributed by atoms with Gasteiger partial charge in [-0.05, 0) is 29.5 Å². The predicted octanol–water partition coefficient (Wildman–Crippen LogP) is 2.08. The monoisotopic (exact) mass is 253 g/mol. The van der Waals surface area contributed by atoms with Crippen molar-refractivity contribution in [3.05, 3.63) is 35.7 Å². The van der Waals surface area contributed by atoms with Crippen LogP contribution in [-0.4, -0.2) is 19.7 Å². The first-order chi connectivity index (χ1) is 7.80. The second-order valence-electron chi connectivity index (χ2n) is 4.84. The Morgan fingerprint density at radius 3 is 2.76 bits per heavy atom. The molecule has 0 N–H and O–H groups in total. The number of hydrogen-bond donors (Lipinski definition) is 0. The van der Waals surface area contributed by atoms with Crippen molar-refractivity contribution < 1.29 is 12.6 Å². The first-order valence-electron chi connectivity index (χ1n) is 5.35. The van der Waals surface area contributed by atoms with E-state index < -0.39 is 10.1 Å². The molecule has 4 nitrogen and oxygen atoms in total. The van der Waals surface area contributed by atoms with E-state index >= 15 is 0 Å². The van der Waals surface area contributed by atoms with E-state index in [1.54, 1.807) is 12.3 Å². The molecule has 0 radical (unpaired) electrons. The van der Waals surface area contributed by atoms with Crippen molar-refractivity contribution in [2.45, 2.75) is 25.7 Å². The Bertz CT molecular complexity index is 573. The van der Waals surface area contributed by atoms with Crippen LogP contribution < -0.4 is 0 Å². The average Bonchev–Trinajstić information content (AvgIpc) is 2.21. The van der Waals surface area contributed by atoms with E-state index in [1.165, 1.54) is 0 Å². The number of nitrogens with zero attached hydrogens (tertiary/aromatic N) is 1. The molecule has 5 heteroatoms. The van der Waals surface area contributed by atoms with Gasteiger partial charge in [0.2, 0.25) is 0 Å². The Hall–Kier alpha value is -1.36. The zero-order valence-electron chi connectivity index (χ0n) is 10.1. The van der Waals surface area contributed by atoms with Gasteiger partial charge in [0.15, 0.2) is 5.76 Å². The van der Waals surface area contributed by atoms with E-state index in [-0.39, 0.29) is 5.41 Å². The maximum absolute atomic E-state index is 11.2. The summed E-state index contributed by atoms with van der Waals surface area (Å²) in [6, 6.07) is 3.81. The van der Waals surface area contributed by atoms with Gasteiger partial charge in [-0.15, -0.1) is 0 Å². The zero-order chi connectivity index (χ0) is 12.7. The summed E-state index contributed by atoms with van der Waals surface area (Å²) in [5.74, 6) is 0.336. The van der Waals surface area contributed by atoms with Crippen LogP contribution in [0.15, 0.2) is 24.4 Å². The Labute approximate surface area is 101 Å². The van der Waals surface area contributed by atoms with Crippen LogP contribution in [0.4, 0.5) is 0 Å².